The van der Waals surface area contributed by atoms with Gasteiger partial charge in [0.15, 0.2) is 9.84 Å². The normalized spacial score (nSPS) is 19.0. The lowest BCUT2D eigenvalue weighted by molar-refractivity contribution is -0.117. The van der Waals surface area contributed by atoms with Crippen molar-refractivity contribution < 1.29 is 13.2 Å². The van der Waals surface area contributed by atoms with E-state index in [9.17, 15) is 13.2 Å². The summed E-state index contributed by atoms with van der Waals surface area (Å²) in [6.07, 6.45) is 6.30. The maximum absolute atomic E-state index is 12.7. The van der Waals surface area contributed by atoms with Crippen molar-refractivity contribution in [2.24, 2.45) is 5.92 Å². The molecule has 1 aromatic heterocycles. The molecule has 27 heavy (non-hydrogen) atoms. The lowest BCUT2D eigenvalue weighted by Crippen LogP contribution is -2.21. The Kier molecular flexibility index (Phi) is 4.80. The lowest BCUT2D eigenvalue weighted by atomic mass is 9.87. The molecule has 1 amide bonds. The highest BCUT2D eigenvalue weighted by atomic mass is 32.2. The topological polar surface area (TPSA) is 81.1 Å². The third-order valence-corrected chi connectivity index (χ3v) is 6.96. The molecule has 1 saturated carbocycles. The highest BCUT2D eigenvalue weighted by Crippen LogP contribution is 2.34. The zero-order chi connectivity index (χ0) is 19.0. The molecule has 1 aromatic carbocycles. The average molecular weight is 388 g/mol. The number of sulfone groups is 1. The monoisotopic (exact) mass is 387 g/mol. The Morgan fingerprint density at radius 1 is 1.15 bits per heavy atom. The van der Waals surface area contributed by atoms with Gasteiger partial charge in [-0.25, -0.2) is 13.1 Å². The van der Waals surface area contributed by atoms with Crippen LogP contribution < -0.4 is 5.32 Å². The second kappa shape index (κ2) is 7.11. The van der Waals surface area contributed by atoms with E-state index in [4.69, 9.17) is 0 Å². The van der Waals surface area contributed by atoms with Crippen molar-refractivity contribution in [2.45, 2.75) is 57.0 Å². The predicted molar refractivity (Wildman–Crippen MR) is 104 cm³/mol. The summed E-state index contributed by atoms with van der Waals surface area (Å²) in [6.45, 7) is 2.01. The van der Waals surface area contributed by atoms with Gasteiger partial charge in [0.2, 0.25) is 5.91 Å². The number of nitrogens with zero attached hydrogens (tertiary/aromatic N) is 2. The zero-order valence-corrected chi connectivity index (χ0v) is 16.4. The molecular weight excluding hydrogens is 362 g/mol. The van der Waals surface area contributed by atoms with Crippen molar-refractivity contribution in [3.05, 3.63) is 41.1 Å². The number of hydrogen-bond acceptors (Lipinski definition) is 4. The van der Waals surface area contributed by atoms with E-state index in [1.165, 1.54) is 19.3 Å². The Labute approximate surface area is 159 Å². The fourth-order valence-electron chi connectivity index (χ4n) is 4.08. The molecule has 1 aliphatic heterocycles. The first-order chi connectivity index (χ1) is 12.9. The number of fused-ring (bicyclic) bond motifs is 1. The highest BCUT2D eigenvalue weighted by molar-refractivity contribution is 7.90. The van der Waals surface area contributed by atoms with E-state index in [1.807, 2.05) is 31.2 Å². The van der Waals surface area contributed by atoms with Crippen LogP contribution in [0.2, 0.25) is 0 Å². The van der Waals surface area contributed by atoms with Crippen LogP contribution >= 0.6 is 0 Å². The Morgan fingerprint density at radius 3 is 2.56 bits per heavy atom. The summed E-state index contributed by atoms with van der Waals surface area (Å²) in [4.78, 5) is 12.7. The third-order valence-electron chi connectivity index (χ3n) is 5.52. The maximum Gasteiger partial charge on any atom is 0.225 e. The van der Waals surface area contributed by atoms with E-state index in [0.717, 1.165) is 24.1 Å². The summed E-state index contributed by atoms with van der Waals surface area (Å²) in [5, 5.41) is 7.50. The van der Waals surface area contributed by atoms with Crippen LogP contribution in [0.3, 0.4) is 0 Å². The highest BCUT2D eigenvalue weighted by Gasteiger charge is 2.33. The van der Waals surface area contributed by atoms with Crippen LogP contribution in [0.15, 0.2) is 24.3 Å². The third kappa shape index (κ3) is 3.93. The van der Waals surface area contributed by atoms with Crippen LogP contribution in [-0.2, 0) is 26.1 Å². The van der Waals surface area contributed by atoms with Crippen molar-refractivity contribution in [3.63, 3.8) is 0 Å². The van der Waals surface area contributed by atoms with Gasteiger partial charge in [0.05, 0.1) is 22.9 Å². The molecule has 0 spiro atoms. The first kappa shape index (κ1) is 18.2. The molecule has 2 heterocycles. The van der Waals surface area contributed by atoms with Gasteiger partial charge in [-0.2, -0.15) is 5.10 Å². The Morgan fingerprint density at radius 2 is 1.85 bits per heavy atom. The molecule has 0 radical (unpaired) electrons. The summed E-state index contributed by atoms with van der Waals surface area (Å²) in [6, 6.07) is 7.82. The molecule has 0 unspecified atom stereocenters. The summed E-state index contributed by atoms with van der Waals surface area (Å²) in [7, 11) is -3.18. The minimum Gasteiger partial charge on any atom is -0.310 e. The second-order valence-corrected chi connectivity index (χ2v) is 9.87. The van der Waals surface area contributed by atoms with Gasteiger partial charge in [0, 0.05) is 12.0 Å². The van der Waals surface area contributed by atoms with Gasteiger partial charge in [0.1, 0.15) is 5.82 Å². The van der Waals surface area contributed by atoms with Gasteiger partial charge in [-0.1, -0.05) is 37.0 Å². The van der Waals surface area contributed by atoms with Gasteiger partial charge in [-0.3, -0.25) is 4.79 Å². The van der Waals surface area contributed by atoms with Crippen LogP contribution in [0.25, 0.3) is 5.69 Å². The van der Waals surface area contributed by atoms with Gasteiger partial charge in [-0.05, 0) is 37.8 Å². The molecule has 144 valence electrons. The van der Waals surface area contributed by atoms with Gasteiger partial charge in [-0.15, -0.1) is 0 Å². The number of nitrogens with one attached hydrogen (secondary N) is 1. The molecule has 4 rings (SSSR count). The first-order valence-electron chi connectivity index (χ1n) is 9.59. The van der Waals surface area contributed by atoms with E-state index in [0.29, 0.717) is 29.4 Å². The number of aromatic nitrogens is 2. The van der Waals surface area contributed by atoms with Crippen molar-refractivity contribution >= 4 is 21.6 Å². The molecule has 7 heteroatoms. The summed E-state index contributed by atoms with van der Waals surface area (Å²) >= 11 is 0. The standard InChI is InChI=1S/C20H25N3O3S/c1-14-7-9-16(10-8-14)23-20(17-12-27(25,26)13-18(17)22-23)21-19(24)11-15-5-3-2-4-6-15/h7-10,15H,2-6,11-13H2,1H3,(H,21,24). The number of anilines is 1. The average Bonchev–Trinajstić information content (AvgIpc) is 3.09. The zero-order valence-electron chi connectivity index (χ0n) is 15.6. The number of aryl methyl sites for hydroxylation is 1. The Hall–Kier alpha value is -2.15. The van der Waals surface area contributed by atoms with Crippen molar-refractivity contribution in [1.82, 2.24) is 9.78 Å². The number of rotatable bonds is 4. The number of benzene rings is 1. The number of amides is 1. The summed E-state index contributed by atoms with van der Waals surface area (Å²) in [5.74, 6) is 0.754. The molecule has 0 bridgehead atoms. The maximum atomic E-state index is 12.7. The molecule has 1 N–H and O–H groups in total. The number of hydrogen-bond donors (Lipinski definition) is 1. The van der Waals surface area contributed by atoms with E-state index in [-0.39, 0.29) is 17.4 Å². The van der Waals surface area contributed by atoms with Crippen LogP contribution in [0.4, 0.5) is 5.82 Å². The summed E-state index contributed by atoms with van der Waals surface area (Å²) < 4.78 is 25.7. The van der Waals surface area contributed by atoms with Crippen LogP contribution in [0.1, 0.15) is 55.3 Å². The minimum atomic E-state index is -3.18. The molecule has 0 atom stereocenters. The van der Waals surface area contributed by atoms with E-state index in [2.05, 4.69) is 10.4 Å². The first-order valence-corrected chi connectivity index (χ1v) is 11.4. The fourth-order valence-corrected chi connectivity index (χ4v) is 5.57. The molecule has 2 aliphatic rings. The molecule has 0 saturated heterocycles. The SMILES string of the molecule is Cc1ccc(-n2nc3c(c2NC(=O)CC2CCCCC2)CS(=O)(=O)C3)cc1. The van der Waals surface area contributed by atoms with Crippen molar-refractivity contribution in [2.75, 3.05) is 5.32 Å². The largest absolute Gasteiger partial charge is 0.310 e. The van der Waals surface area contributed by atoms with Crippen LogP contribution in [-0.4, -0.2) is 24.1 Å². The minimum absolute atomic E-state index is 0.0535. The molecular formula is C20H25N3O3S. The summed E-state index contributed by atoms with van der Waals surface area (Å²) in [5.41, 5.74) is 3.13. The van der Waals surface area contributed by atoms with E-state index < -0.39 is 9.84 Å². The molecule has 1 aliphatic carbocycles. The fraction of sp³-hybridized carbons (Fsp3) is 0.500. The quantitative estimate of drug-likeness (QED) is 0.870. The van der Waals surface area contributed by atoms with Crippen molar-refractivity contribution in [3.8, 4) is 5.69 Å². The molecule has 6 nitrogen and oxygen atoms in total. The Bertz CT molecular complexity index is 955. The molecule has 2 aromatic rings. The lowest BCUT2D eigenvalue weighted by Gasteiger charge is -2.21. The van der Waals surface area contributed by atoms with Gasteiger partial charge < -0.3 is 5.32 Å². The Balaban J connectivity index is 1.63. The van der Waals surface area contributed by atoms with Crippen LogP contribution in [0.5, 0.6) is 0 Å². The van der Waals surface area contributed by atoms with Gasteiger partial charge >= 0.3 is 0 Å². The van der Waals surface area contributed by atoms with Crippen LogP contribution in [0, 0.1) is 12.8 Å². The molecule has 1 fully saturated rings. The smallest absolute Gasteiger partial charge is 0.225 e. The number of carbonyl (C=O) groups excluding carboxylic acids is 1. The number of carbonyl (C=O) groups is 1. The van der Waals surface area contributed by atoms with E-state index >= 15 is 0 Å². The predicted octanol–water partition coefficient (Wildman–Crippen LogP) is 3.52. The van der Waals surface area contributed by atoms with E-state index in [1.54, 1.807) is 4.68 Å². The van der Waals surface area contributed by atoms with Gasteiger partial charge in [0.25, 0.3) is 0 Å². The van der Waals surface area contributed by atoms with Crippen molar-refractivity contribution in [1.29, 1.82) is 0 Å². The second-order valence-electron chi connectivity index (χ2n) is 7.81.